The molecule has 0 radical (unpaired) electrons. The normalized spacial score (nSPS) is 13.4. The van der Waals surface area contributed by atoms with Gasteiger partial charge in [-0.05, 0) is 62.2 Å². The van der Waals surface area contributed by atoms with E-state index in [0.29, 0.717) is 17.3 Å². The molecule has 1 aromatic heterocycles. The first kappa shape index (κ1) is 18.0. The molecule has 2 heterocycles. The molecule has 1 saturated heterocycles. The Morgan fingerprint density at radius 2 is 1.75 bits per heavy atom. The fourth-order valence-corrected chi connectivity index (χ4v) is 3.31. The largest absolute Gasteiger partial charge is 0.372 e. The molecule has 0 saturated carbocycles. The topological polar surface area (TPSA) is 70.2 Å². The van der Waals surface area contributed by atoms with Crippen molar-refractivity contribution in [3.63, 3.8) is 0 Å². The maximum atomic E-state index is 11.5. The second-order valence-electron chi connectivity index (χ2n) is 6.89. The molecule has 2 N–H and O–H groups in total. The molecule has 0 unspecified atom stereocenters. The zero-order valence-electron chi connectivity index (χ0n) is 15.9. The van der Waals surface area contributed by atoms with E-state index in [4.69, 9.17) is 0 Å². The number of hydrogen-bond donors (Lipinski definition) is 2. The van der Waals surface area contributed by atoms with Crippen molar-refractivity contribution in [2.24, 2.45) is 0 Å². The van der Waals surface area contributed by atoms with Crippen LogP contribution in [-0.4, -0.2) is 28.8 Å². The summed E-state index contributed by atoms with van der Waals surface area (Å²) in [4.78, 5) is 22.7. The Balaban J connectivity index is 1.45. The number of rotatable bonds is 6. The van der Waals surface area contributed by atoms with Gasteiger partial charge < -0.3 is 15.5 Å². The Labute approximate surface area is 164 Å². The molecule has 28 heavy (non-hydrogen) atoms. The second-order valence-corrected chi connectivity index (χ2v) is 6.89. The summed E-state index contributed by atoms with van der Waals surface area (Å²) in [5, 5.41) is 6.46. The van der Waals surface area contributed by atoms with E-state index in [2.05, 4.69) is 49.8 Å². The van der Waals surface area contributed by atoms with Crippen LogP contribution in [0.2, 0.25) is 0 Å². The molecule has 4 rings (SSSR count). The van der Waals surface area contributed by atoms with Crippen LogP contribution in [0.4, 0.5) is 28.8 Å². The second kappa shape index (κ2) is 8.08. The Morgan fingerprint density at radius 1 is 0.964 bits per heavy atom. The summed E-state index contributed by atoms with van der Waals surface area (Å²) >= 11 is 0. The highest BCUT2D eigenvalue weighted by atomic mass is 16.1. The van der Waals surface area contributed by atoms with E-state index in [1.807, 2.05) is 18.2 Å². The highest BCUT2D eigenvalue weighted by Gasteiger charge is 2.12. The predicted octanol–water partition coefficient (Wildman–Crippen LogP) is 4.77. The number of nitrogens with one attached hydrogen (secondary N) is 2. The van der Waals surface area contributed by atoms with Crippen LogP contribution in [0.3, 0.4) is 0 Å². The fraction of sp³-hybridized carbons (Fsp3) is 0.227. The molecule has 0 aliphatic carbocycles. The van der Waals surface area contributed by atoms with Crippen LogP contribution in [0.5, 0.6) is 0 Å². The molecule has 6 heteroatoms. The molecule has 0 bridgehead atoms. The molecule has 1 aliphatic heterocycles. The Kier molecular flexibility index (Phi) is 5.19. The van der Waals surface area contributed by atoms with Crippen LogP contribution in [0, 0.1) is 0 Å². The van der Waals surface area contributed by atoms with Crippen molar-refractivity contribution in [3.05, 3.63) is 66.4 Å². The van der Waals surface area contributed by atoms with Gasteiger partial charge in [-0.3, -0.25) is 4.79 Å². The molecule has 1 fully saturated rings. The van der Waals surface area contributed by atoms with E-state index in [9.17, 15) is 4.79 Å². The van der Waals surface area contributed by atoms with Crippen LogP contribution in [-0.2, 0) is 0 Å². The minimum absolute atomic E-state index is 0.0253. The highest BCUT2D eigenvalue weighted by molar-refractivity contribution is 5.95. The third-order valence-corrected chi connectivity index (χ3v) is 4.79. The van der Waals surface area contributed by atoms with E-state index < -0.39 is 0 Å². The number of Topliss-reactive ketones (excluding diaryl/α,β-unsaturated/α-hetero) is 1. The number of aromatic nitrogens is 2. The Bertz CT molecular complexity index is 965. The molecule has 0 atom stereocenters. The molecular formula is C22H23N5O. The first-order valence-electron chi connectivity index (χ1n) is 9.50. The van der Waals surface area contributed by atoms with Gasteiger partial charge in [0, 0.05) is 41.9 Å². The summed E-state index contributed by atoms with van der Waals surface area (Å²) in [5.41, 5.74) is 3.67. The van der Waals surface area contributed by atoms with E-state index in [1.165, 1.54) is 18.5 Å². The van der Waals surface area contributed by atoms with Crippen molar-refractivity contribution in [3.8, 4) is 0 Å². The lowest BCUT2D eigenvalue weighted by Crippen LogP contribution is -2.17. The molecular weight excluding hydrogens is 350 g/mol. The molecule has 0 spiro atoms. The molecule has 2 aromatic carbocycles. The van der Waals surface area contributed by atoms with Gasteiger partial charge in [-0.15, -0.1) is 0 Å². The number of ketones is 1. The summed E-state index contributed by atoms with van der Waals surface area (Å²) < 4.78 is 0. The SMILES string of the molecule is CC(=O)c1cccc(Nc2nccc(Nc3ccc(N4CCCC4)cc3)n2)c1. The van der Waals surface area contributed by atoms with Crippen molar-refractivity contribution in [1.29, 1.82) is 0 Å². The van der Waals surface area contributed by atoms with Gasteiger partial charge in [-0.25, -0.2) is 4.98 Å². The van der Waals surface area contributed by atoms with Gasteiger partial charge in [-0.1, -0.05) is 12.1 Å². The van der Waals surface area contributed by atoms with Crippen molar-refractivity contribution in [2.75, 3.05) is 28.6 Å². The number of hydrogen-bond acceptors (Lipinski definition) is 6. The molecule has 0 amide bonds. The standard InChI is InChI=1S/C22H23N5O/c1-16(28)17-5-4-6-19(15-17)25-22-23-12-11-21(26-22)24-18-7-9-20(10-8-18)27-13-2-3-14-27/h4-12,15H,2-3,13-14H2,1H3,(H2,23,24,25,26). The summed E-state index contributed by atoms with van der Waals surface area (Å²) in [7, 11) is 0. The monoisotopic (exact) mass is 373 g/mol. The summed E-state index contributed by atoms with van der Waals surface area (Å²) in [5.74, 6) is 1.20. The van der Waals surface area contributed by atoms with Gasteiger partial charge >= 0.3 is 0 Å². The van der Waals surface area contributed by atoms with E-state index >= 15 is 0 Å². The van der Waals surface area contributed by atoms with E-state index in [1.54, 1.807) is 25.3 Å². The maximum absolute atomic E-state index is 11.5. The van der Waals surface area contributed by atoms with Gasteiger partial charge in [-0.2, -0.15) is 4.98 Å². The highest BCUT2D eigenvalue weighted by Crippen LogP contribution is 2.24. The van der Waals surface area contributed by atoms with Gasteiger partial charge in [0.1, 0.15) is 5.82 Å². The number of benzene rings is 2. The zero-order valence-corrected chi connectivity index (χ0v) is 15.9. The van der Waals surface area contributed by atoms with Gasteiger partial charge in [0.15, 0.2) is 5.78 Å². The van der Waals surface area contributed by atoms with Crippen molar-refractivity contribution >= 4 is 34.6 Å². The van der Waals surface area contributed by atoms with Gasteiger partial charge in [0.05, 0.1) is 0 Å². The maximum Gasteiger partial charge on any atom is 0.229 e. The lowest BCUT2D eigenvalue weighted by molar-refractivity contribution is 0.101. The fourth-order valence-electron chi connectivity index (χ4n) is 3.31. The van der Waals surface area contributed by atoms with Crippen LogP contribution in [0.15, 0.2) is 60.8 Å². The summed E-state index contributed by atoms with van der Waals surface area (Å²) in [6, 6.07) is 17.5. The Hall–Kier alpha value is -3.41. The average molecular weight is 373 g/mol. The van der Waals surface area contributed by atoms with Crippen molar-refractivity contribution in [1.82, 2.24) is 9.97 Å². The predicted molar refractivity (Wildman–Crippen MR) is 113 cm³/mol. The smallest absolute Gasteiger partial charge is 0.229 e. The van der Waals surface area contributed by atoms with Gasteiger partial charge in [0.2, 0.25) is 5.95 Å². The number of nitrogens with zero attached hydrogens (tertiary/aromatic N) is 3. The summed E-state index contributed by atoms with van der Waals surface area (Å²) in [6.45, 7) is 3.83. The van der Waals surface area contributed by atoms with Crippen LogP contribution < -0.4 is 15.5 Å². The summed E-state index contributed by atoms with van der Waals surface area (Å²) in [6.07, 6.45) is 4.24. The van der Waals surface area contributed by atoms with Crippen LogP contribution in [0.25, 0.3) is 0 Å². The molecule has 1 aliphatic rings. The van der Waals surface area contributed by atoms with Gasteiger partial charge in [0.25, 0.3) is 0 Å². The average Bonchev–Trinajstić information content (AvgIpc) is 3.24. The number of carbonyl (C=O) groups excluding carboxylic acids is 1. The first-order chi connectivity index (χ1) is 13.7. The van der Waals surface area contributed by atoms with E-state index in [0.717, 1.165) is 24.5 Å². The minimum atomic E-state index is 0.0253. The quantitative estimate of drug-likeness (QED) is 0.607. The van der Waals surface area contributed by atoms with Crippen molar-refractivity contribution < 1.29 is 4.79 Å². The number of anilines is 5. The molecule has 3 aromatic rings. The van der Waals surface area contributed by atoms with E-state index in [-0.39, 0.29) is 5.78 Å². The lowest BCUT2D eigenvalue weighted by Gasteiger charge is -2.18. The first-order valence-corrected chi connectivity index (χ1v) is 9.50. The third kappa shape index (κ3) is 4.28. The minimum Gasteiger partial charge on any atom is -0.372 e. The Morgan fingerprint density at radius 3 is 2.50 bits per heavy atom. The van der Waals surface area contributed by atoms with Crippen molar-refractivity contribution in [2.45, 2.75) is 19.8 Å². The number of carbonyl (C=O) groups is 1. The molecule has 6 nitrogen and oxygen atoms in total. The van der Waals surface area contributed by atoms with Crippen LogP contribution >= 0.6 is 0 Å². The molecule has 142 valence electrons. The lowest BCUT2D eigenvalue weighted by atomic mass is 10.1. The third-order valence-electron chi connectivity index (χ3n) is 4.79. The van der Waals surface area contributed by atoms with Crippen LogP contribution in [0.1, 0.15) is 30.1 Å². The zero-order chi connectivity index (χ0) is 19.3.